The van der Waals surface area contributed by atoms with Gasteiger partial charge in [0.1, 0.15) is 0 Å². The molecule has 1 aromatic rings. The highest BCUT2D eigenvalue weighted by molar-refractivity contribution is 5.45. The third-order valence-electron chi connectivity index (χ3n) is 4.22. The van der Waals surface area contributed by atoms with Crippen LogP contribution in [-0.2, 0) is 0 Å². The average Bonchev–Trinajstić information content (AvgIpc) is 2.44. The van der Waals surface area contributed by atoms with Crippen LogP contribution < -0.4 is 10.2 Å². The monoisotopic (exact) mass is 275 g/mol. The van der Waals surface area contributed by atoms with Gasteiger partial charge in [-0.15, -0.1) is 0 Å². The predicted octanol–water partition coefficient (Wildman–Crippen LogP) is 3.62. The van der Waals surface area contributed by atoms with E-state index >= 15 is 0 Å². The Bertz CT molecular complexity index is 391. The summed E-state index contributed by atoms with van der Waals surface area (Å²) in [6, 6.07) is 4.82. The molecule has 2 heterocycles. The second-order valence-electron chi connectivity index (χ2n) is 6.31. The lowest BCUT2D eigenvalue weighted by molar-refractivity contribution is 0.356. The average molecular weight is 275 g/mol. The van der Waals surface area contributed by atoms with E-state index in [0.717, 1.165) is 43.6 Å². The fraction of sp³-hybridized carbons (Fsp3) is 0.706. The molecule has 2 rings (SSSR count). The number of hydrogen-bond donors (Lipinski definition) is 1. The van der Waals surface area contributed by atoms with Gasteiger partial charge in [-0.25, -0.2) is 0 Å². The Hall–Kier alpha value is -1.09. The standard InChI is InChI=1S/C17H29N3/c1-5-16(18-6-2)17-8-7-15(10-19-17)20-11-13(3)9-14(4)12-20/h7-8,10,13-14,16,18H,5-6,9,11-12H2,1-4H3. The van der Waals surface area contributed by atoms with Crippen LogP contribution in [0.5, 0.6) is 0 Å². The van der Waals surface area contributed by atoms with Crippen molar-refractivity contribution in [1.29, 1.82) is 0 Å². The molecule has 3 heteroatoms. The summed E-state index contributed by atoms with van der Waals surface area (Å²) in [5, 5.41) is 3.49. The molecule has 1 aromatic heterocycles. The van der Waals surface area contributed by atoms with Gasteiger partial charge in [-0.05, 0) is 43.4 Å². The summed E-state index contributed by atoms with van der Waals surface area (Å²) in [6.07, 6.45) is 4.48. The molecule has 1 aliphatic rings. The maximum absolute atomic E-state index is 4.69. The van der Waals surface area contributed by atoms with E-state index in [-0.39, 0.29) is 0 Å². The van der Waals surface area contributed by atoms with E-state index in [0.29, 0.717) is 6.04 Å². The predicted molar refractivity (Wildman–Crippen MR) is 86.1 cm³/mol. The van der Waals surface area contributed by atoms with Gasteiger partial charge in [0.25, 0.3) is 0 Å². The molecule has 0 saturated carbocycles. The van der Waals surface area contributed by atoms with E-state index in [4.69, 9.17) is 0 Å². The number of anilines is 1. The first-order chi connectivity index (χ1) is 9.63. The van der Waals surface area contributed by atoms with Crippen molar-refractivity contribution in [1.82, 2.24) is 10.3 Å². The van der Waals surface area contributed by atoms with E-state index in [1.807, 2.05) is 0 Å². The van der Waals surface area contributed by atoms with Gasteiger partial charge in [0.05, 0.1) is 17.6 Å². The highest BCUT2D eigenvalue weighted by Crippen LogP contribution is 2.26. The number of pyridine rings is 1. The Morgan fingerprint density at radius 3 is 2.45 bits per heavy atom. The quantitative estimate of drug-likeness (QED) is 0.889. The summed E-state index contributed by atoms with van der Waals surface area (Å²) in [5.74, 6) is 1.56. The fourth-order valence-corrected chi connectivity index (χ4v) is 3.37. The van der Waals surface area contributed by atoms with Crippen molar-refractivity contribution in [2.45, 2.75) is 46.6 Å². The normalized spacial score (nSPS) is 24.7. The van der Waals surface area contributed by atoms with E-state index in [1.54, 1.807) is 0 Å². The van der Waals surface area contributed by atoms with Gasteiger partial charge in [0, 0.05) is 19.1 Å². The molecule has 0 aliphatic carbocycles. The van der Waals surface area contributed by atoms with Gasteiger partial charge >= 0.3 is 0 Å². The number of nitrogens with one attached hydrogen (secondary N) is 1. The van der Waals surface area contributed by atoms with Crippen molar-refractivity contribution in [3.8, 4) is 0 Å². The second-order valence-corrected chi connectivity index (χ2v) is 6.31. The van der Waals surface area contributed by atoms with Crippen molar-refractivity contribution in [3.05, 3.63) is 24.0 Å². The molecule has 0 amide bonds. The molecule has 3 atom stereocenters. The molecular weight excluding hydrogens is 246 g/mol. The topological polar surface area (TPSA) is 28.2 Å². The smallest absolute Gasteiger partial charge is 0.0574 e. The first-order valence-electron chi connectivity index (χ1n) is 8.08. The van der Waals surface area contributed by atoms with E-state index in [2.05, 4.69) is 61.2 Å². The first kappa shape index (κ1) is 15.3. The Kier molecular flexibility index (Phi) is 5.41. The van der Waals surface area contributed by atoms with Gasteiger partial charge in [-0.2, -0.15) is 0 Å². The summed E-state index contributed by atoms with van der Waals surface area (Å²) in [7, 11) is 0. The number of nitrogens with zero attached hydrogens (tertiary/aromatic N) is 2. The van der Waals surface area contributed by atoms with Gasteiger partial charge < -0.3 is 10.2 Å². The van der Waals surface area contributed by atoms with Gasteiger partial charge in [0.15, 0.2) is 0 Å². The van der Waals surface area contributed by atoms with E-state index in [9.17, 15) is 0 Å². The maximum atomic E-state index is 4.69. The number of hydrogen-bond acceptors (Lipinski definition) is 3. The lowest BCUT2D eigenvalue weighted by atomic mass is 9.91. The molecule has 112 valence electrons. The van der Waals surface area contributed by atoms with Crippen molar-refractivity contribution in [2.75, 3.05) is 24.5 Å². The van der Waals surface area contributed by atoms with Crippen LogP contribution >= 0.6 is 0 Å². The van der Waals surface area contributed by atoms with Gasteiger partial charge in [0.2, 0.25) is 0 Å². The Balaban J connectivity index is 2.07. The summed E-state index contributed by atoms with van der Waals surface area (Å²) in [5.41, 5.74) is 2.44. The van der Waals surface area contributed by atoms with Crippen LogP contribution in [0.3, 0.4) is 0 Å². The minimum Gasteiger partial charge on any atom is -0.370 e. The lowest BCUT2D eigenvalue weighted by Gasteiger charge is -2.36. The van der Waals surface area contributed by atoms with Crippen LogP contribution in [0.15, 0.2) is 18.3 Å². The Labute approximate surface area is 123 Å². The summed E-state index contributed by atoms with van der Waals surface area (Å²) < 4.78 is 0. The Morgan fingerprint density at radius 2 is 1.95 bits per heavy atom. The molecule has 20 heavy (non-hydrogen) atoms. The molecule has 1 aliphatic heterocycles. The minimum absolute atomic E-state index is 0.383. The fourth-order valence-electron chi connectivity index (χ4n) is 3.37. The van der Waals surface area contributed by atoms with E-state index < -0.39 is 0 Å². The molecule has 0 bridgehead atoms. The molecule has 0 radical (unpaired) electrons. The third kappa shape index (κ3) is 3.72. The van der Waals surface area contributed by atoms with Crippen LogP contribution in [0.2, 0.25) is 0 Å². The SMILES string of the molecule is CCNC(CC)c1ccc(N2CC(C)CC(C)C2)cn1. The maximum Gasteiger partial charge on any atom is 0.0574 e. The van der Waals surface area contributed by atoms with E-state index in [1.165, 1.54) is 12.1 Å². The molecule has 3 unspecified atom stereocenters. The van der Waals surface area contributed by atoms with Crippen molar-refractivity contribution >= 4 is 5.69 Å². The Morgan fingerprint density at radius 1 is 1.25 bits per heavy atom. The zero-order valence-corrected chi connectivity index (χ0v) is 13.4. The number of aromatic nitrogens is 1. The summed E-state index contributed by atoms with van der Waals surface area (Å²) in [4.78, 5) is 7.18. The lowest BCUT2D eigenvalue weighted by Crippen LogP contribution is -2.38. The largest absolute Gasteiger partial charge is 0.370 e. The van der Waals surface area contributed by atoms with Crippen molar-refractivity contribution in [2.24, 2.45) is 11.8 Å². The third-order valence-corrected chi connectivity index (χ3v) is 4.22. The molecule has 1 N–H and O–H groups in total. The van der Waals surface area contributed by atoms with Crippen molar-refractivity contribution in [3.63, 3.8) is 0 Å². The van der Waals surface area contributed by atoms with Crippen LogP contribution in [0.25, 0.3) is 0 Å². The molecule has 0 spiro atoms. The molecular formula is C17H29N3. The summed E-state index contributed by atoms with van der Waals surface area (Å²) in [6.45, 7) is 12.4. The summed E-state index contributed by atoms with van der Waals surface area (Å²) >= 11 is 0. The first-order valence-corrected chi connectivity index (χ1v) is 8.08. The molecule has 1 saturated heterocycles. The molecule has 3 nitrogen and oxygen atoms in total. The van der Waals surface area contributed by atoms with Gasteiger partial charge in [-0.1, -0.05) is 27.7 Å². The zero-order chi connectivity index (χ0) is 14.5. The van der Waals surface area contributed by atoms with Crippen LogP contribution in [0.1, 0.15) is 52.3 Å². The highest BCUT2D eigenvalue weighted by atomic mass is 15.1. The van der Waals surface area contributed by atoms with Gasteiger partial charge in [-0.3, -0.25) is 4.98 Å². The zero-order valence-electron chi connectivity index (χ0n) is 13.4. The highest BCUT2D eigenvalue weighted by Gasteiger charge is 2.22. The second kappa shape index (κ2) is 7.07. The van der Waals surface area contributed by atoms with Crippen molar-refractivity contribution < 1.29 is 0 Å². The molecule has 1 fully saturated rings. The van der Waals surface area contributed by atoms with Crippen LogP contribution in [0.4, 0.5) is 5.69 Å². The molecule has 0 aromatic carbocycles. The minimum atomic E-state index is 0.383. The number of piperidine rings is 1. The van der Waals surface area contributed by atoms with Crippen LogP contribution in [0, 0.1) is 11.8 Å². The van der Waals surface area contributed by atoms with Crippen LogP contribution in [-0.4, -0.2) is 24.6 Å². The number of rotatable bonds is 5.